The lowest BCUT2D eigenvalue weighted by Crippen LogP contribution is -2.49. The Bertz CT molecular complexity index is 474. The summed E-state index contributed by atoms with van der Waals surface area (Å²) in [6.07, 6.45) is 4.91. The van der Waals surface area contributed by atoms with Crippen LogP contribution in [0.2, 0.25) is 0 Å². The lowest BCUT2D eigenvalue weighted by molar-refractivity contribution is -0.125. The molecular formula is C16H24N2O. The van der Waals surface area contributed by atoms with Crippen LogP contribution >= 0.6 is 0 Å². The van der Waals surface area contributed by atoms with Crippen molar-refractivity contribution in [1.82, 2.24) is 5.32 Å². The van der Waals surface area contributed by atoms with Crippen molar-refractivity contribution >= 4 is 5.91 Å². The van der Waals surface area contributed by atoms with Gasteiger partial charge in [0.15, 0.2) is 0 Å². The van der Waals surface area contributed by atoms with Gasteiger partial charge in [0.25, 0.3) is 0 Å². The second kappa shape index (κ2) is 5.33. The summed E-state index contributed by atoms with van der Waals surface area (Å²) in [6.45, 7) is 5.46. The number of rotatable bonds is 3. The van der Waals surface area contributed by atoms with Crippen molar-refractivity contribution in [2.75, 3.05) is 0 Å². The maximum Gasteiger partial charge on any atom is 0.239 e. The van der Waals surface area contributed by atoms with E-state index in [1.807, 2.05) is 6.92 Å². The zero-order valence-corrected chi connectivity index (χ0v) is 12.1. The fraction of sp³-hybridized carbons (Fsp3) is 0.562. The molecular weight excluding hydrogens is 236 g/mol. The van der Waals surface area contributed by atoms with Gasteiger partial charge >= 0.3 is 0 Å². The van der Waals surface area contributed by atoms with E-state index in [0.29, 0.717) is 0 Å². The molecule has 0 fully saturated rings. The maximum absolute atomic E-state index is 11.9. The van der Waals surface area contributed by atoms with Gasteiger partial charge in [-0.25, -0.2) is 0 Å². The number of aryl methyl sites for hydroxylation is 2. The van der Waals surface area contributed by atoms with Crippen LogP contribution in [0.4, 0.5) is 0 Å². The number of nitrogens with two attached hydrogens (primary N) is 1. The zero-order chi connectivity index (χ0) is 14.0. The molecule has 2 rings (SSSR count). The van der Waals surface area contributed by atoms with E-state index in [1.165, 1.54) is 36.0 Å². The minimum Gasteiger partial charge on any atom is -0.348 e. The minimum atomic E-state index is -0.831. The number of carbonyl (C=O) groups excluding carboxylic acids is 1. The van der Waals surface area contributed by atoms with E-state index in [0.717, 1.165) is 6.42 Å². The molecule has 104 valence electrons. The molecule has 1 aliphatic carbocycles. The molecule has 19 heavy (non-hydrogen) atoms. The lowest BCUT2D eigenvalue weighted by atomic mass is 9.89. The third kappa shape index (κ3) is 3.35. The number of nitrogens with one attached hydrogen (secondary N) is 1. The summed E-state index contributed by atoms with van der Waals surface area (Å²) < 4.78 is 0. The highest BCUT2D eigenvalue weighted by Gasteiger charge is 2.23. The predicted octanol–water partition coefficient (Wildman–Crippen LogP) is 2.48. The largest absolute Gasteiger partial charge is 0.348 e. The van der Waals surface area contributed by atoms with Crippen molar-refractivity contribution in [2.45, 2.75) is 58.0 Å². The molecule has 0 bridgehead atoms. The summed E-state index contributed by atoms with van der Waals surface area (Å²) in [4.78, 5) is 11.9. The fourth-order valence-electron chi connectivity index (χ4n) is 2.49. The number of fused-ring (bicyclic) bond motifs is 1. The van der Waals surface area contributed by atoms with Crippen LogP contribution in [0.1, 0.15) is 56.3 Å². The monoisotopic (exact) mass is 260 g/mol. The van der Waals surface area contributed by atoms with E-state index in [9.17, 15) is 4.79 Å². The molecule has 1 amide bonds. The number of hydrogen-bond donors (Lipinski definition) is 2. The van der Waals surface area contributed by atoms with Crippen molar-refractivity contribution in [3.63, 3.8) is 0 Å². The normalized spacial score (nSPS) is 16.6. The second-order valence-corrected chi connectivity index (χ2v) is 6.15. The molecule has 0 spiro atoms. The summed E-state index contributed by atoms with van der Waals surface area (Å²) in [5.41, 5.74) is 9.05. The molecule has 1 atom stereocenters. The Morgan fingerprint density at radius 1 is 1.26 bits per heavy atom. The first-order valence-electron chi connectivity index (χ1n) is 7.09. The van der Waals surface area contributed by atoms with E-state index in [-0.39, 0.29) is 11.9 Å². The molecule has 0 saturated carbocycles. The third-order valence-electron chi connectivity index (χ3n) is 3.81. The summed E-state index contributed by atoms with van der Waals surface area (Å²) >= 11 is 0. The standard InChI is InChI=1S/C16H24N2O/c1-11(18-15(19)16(2,3)17)13-9-8-12-6-4-5-7-14(12)10-13/h8-11H,4-7,17H2,1-3H3,(H,18,19). The van der Waals surface area contributed by atoms with Gasteiger partial charge in [0.1, 0.15) is 0 Å². The van der Waals surface area contributed by atoms with Crippen molar-refractivity contribution in [3.05, 3.63) is 34.9 Å². The van der Waals surface area contributed by atoms with Gasteiger partial charge < -0.3 is 11.1 Å². The van der Waals surface area contributed by atoms with Gasteiger partial charge in [-0.3, -0.25) is 4.79 Å². The van der Waals surface area contributed by atoms with E-state index in [2.05, 4.69) is 23.5 Å². The van der Waals surface area contributed by atoms with Crippen LogP contribution in [-0.4, -0.2) is 11.4 Å². The van der Waals surface area contributed by atoms with Gasteiger partial charge in [0, 0.05) is 0 Å². The van der Waals surface area contributed by atoms with E-state index < -0.39 is 5.54 Å². The summed E-state index contributed by atoms with van der Waals surface area (Å²) in [5.74, 6) is -0.113. The van der Waals surface area contributed by atoms with Crippen molar-refractivity contribution in [2.24, 2.45) is 5.73 Å². The molecule has 1 aliphatic rings. The van der Waals surface area contributed by atoms with Gasteiger partial charge in [0.05, 0.1) is 11.6 Å². The van der Waals surface area contributed by atoms with Crippen LogP contribution in [0.3, 0.4) is 0 Å². The molecule has 1 aromatic carbocycles. The van der Waals surface area contributed by atoms with E-state index >= 15 is 0 Å². The van der Waals surface area contributed by atoms with E-state index in [4.69, 9.17) is 5.73 Å². The summed E-state index contributed by atoms with van der Waals surface area (Å²) in [7, 11) is 0. The molecule has 1 unspecified atom stereocenters. The fourth-order valence-corrected chi connectivity index (χ4v) is 2.49. The average molecular weight is 260 g/mol. The molecule has 3 heteroatoms. The molecule has 0 radical (unpaired) electrons. The van der Waals surface area contributed by atoms with Crippen LogP contribution in [0.5, 0.6) is 0 Å². The number of amides is 1. The van der Waals surface area contributed by atoms with Gasteiger partial charge in [-0.15, -0.1) is 0 Å². The number of carbonyl (C=O) groups is 1. The molecule has 0 saturated heterocycles. The molecule has 3 N–H and O–H groups in total. The highest BCUT2D eigenvalue weighted by atomic mass is 16.2. The third-order valence-corrected chi connectivity index (χ3v) is 3.81. The molecule has 1 aromatic rings. The Labute approximate surface area is 115 Å². The first-order valence-corrected chi connectivity index (χ1v) is 7.09. The predicted molar refractivity (Wildman–Crippen MR) is 77.9 cm³/mol. The van der Waals surface area contributed by atoms with Crippen molar-refractivity contribution in [1.29, 1.82) is 0 Å². The molecule has 0 heterocycles. The topological polar surface area (TPSA) is 55.1 Å². The highest BCUT2D eigenvalue weighted by Crippen LogP contribution is 2.24. The second-order valence-electron chi connectivity index (χ2n) is 6.15. The zero-order valence-electron chi connectivity index (χ0n) is 12.1. The number of benzene rings is 1. The molecule has 0 aliphatic heterocycles. The summed E-state index contributed by atoms with van der Waals surface area (Å²) in [6, 6.07) is 6.57. The molecule has 0 aromatic heterocycles. The van der Waals surface area contributed by atoms with Crippen molar-refractivity contribution < 1.29 is 4.79 Å². The first-order chi connectivity index (χ1) is 8.88. The quantitative estimate of drug-likeness (QED) is 0.877. The Balaban J connectivity index is 2.11. The maximum atomic E-state index is 11.9. The van der Waals surface area contributed by atoms with Crippen LogP contribution in [0, 0.1) is 0 Å². The van der Waals surface area contributed by atoms with Gasteiger partial charge in [0.2, 0.25) is 5.91 Å². The Morgan fingerprint density at radius 3 is 2.53 bits per heavy atom. The van der Waals surface area contributed by atoms with Crippen LogP contribution in [-0.2, 0) is 17.6 Å². The van der Waals surface area contributed by atoms with Gasteiger partial charge in [-0.2, -0.15) is 0 Å². The van der Waals surface area contributed by atoms with Crippen LogP contribution in [0.25, 0.3) is 0 Å². The van der Waals surface area contributed by atoms with Gasteiger partial charge in [-0.1, -0.05) is 18.2 Å². The summed E-state index contributed by atoms with van der Waals surface area (Å²) in [5, 5.41) is 2.98. The highest BCUT2D eigenvalue weighted by molar-refractivity contribution is 5.85. The first kappa shape index (κ1) is 14.1. The van der Waals surface area contributed by atoms with Gasteiger partial charge in [-0.05, 0) is 63.1 Å². The smallest absolute Gasteiger partial charge is 0.239 e. The average Bonchev–Trinajstić information content (AvgIpc) is 2.37. The number of hydrogen-bond acceptors (Lipinski definition) is 2. The lowest BCUT2D eigenvalue weighted by Gasteiger charge is -2.23. The Hall–Kier alpha value is -1.35. The Morgan fingerprint density at radius 2 is 1.89 bits per heavy atom. The molecule has 3 nitrogen and oxygen atoms in total. The van der Waals surface area contributed by atoms with E-state index in [1.54, 1.807) is 13.8 Å². The van der Waals surface area contributed by atoms with Crippen LogP contribution < -0.4 is 11.1 Å². The van der Waals surface area contributed by atoms with Crippen LogP contribution in [0.15, 0.2) is 18.2 Å². The minimum absolute atomic E-state index is 0.00236. The SMILES string of the molecule is CC(NC(=O)C(C)(C)N)c1ccc2c(c1)CCCC2. The Kier molecular flexibility index (Phi) is 3.95. The van der Waals surface area contributed by atoms with Crippen molar-refractivity contribution in [3.8, 4) is 0 Å².